The van der Waals surface area contributed by atoms with Crippen molar-refractivity contribution >= 4 is 21.9 Å². The molecule has 0 aliphatic rings. The highest BCUT2D eigenvalue weighted by atomic mass is 32.2. The Balaban J connectivity index is 2.74. The molecular formula is C15H17NO8S. The quantitative estimate of drug-likeness (QED) is 0.739. The van der Waals surface area contributed by atoms with Crippen LogP contribution < -0.4 is 18.9 Å². The number of rotatable bonds is 6. The number of carbonyl (C=O) groups excluding carboxylic acids is 1. The maximum atomic E-state index is 11.5. The molecule has 2 N–H and O–H groups in total. The summed E-state index contributed by atoms with van der Waals surface area (Å²) in [6, 6.07) is 4.84. The third kappa shape index (κ3) is 3.97. The van der Waals surface area contributed by atoms with Crippen LogP contribution in [-0.4, -0.2) is 40.0 Å². The molecule has 0 bridgehead atoms. The van der Waals surface area contributed by atoms with Gasteiger partial charge in [0.25, 0.3) is 5.88 Å². The predicted molar refractivity (Wildman–Crippen MR) is 88.7 cm³/mol. The van der Waals surface area contributed by atoms with Gasteiger partial charge in [-0.05, 0) is 12.1 Å². The van der Waals surface area contributed by atoms with Crippen LogP contribution in [0.4, 0.5) is 5.88 Å². The summed E-state index contributed by atoms with van der Waals surface area (Å²) in [4.78, 5) is 11.3. The van der Waals surface area contributed by atoms with Gasteiger partial charge in [0.05, 0.1) is 20.5 Å². The van der Waals surface area contributed by atoms with Crippen molar-refractivity contribution in [3.63, 3.8) is 0 Å². The Labute approximate surface area is 144 Å². The lowest BCUT2D eigenvalue weighted by Crippen LogP contribution is -2.11. The van der Waals surface area contributed by atoms with Crippen molar-refractivity contribution in [1.29, 1.82) is 0 Å². The van der Waals surface area contributed by atoms with E-state index < -0.39 is 33.4 Å². The maximum Gasteiger partial charge on any atom is 0.308 e. The Kier molecular flexibility index (Phi) is 5.12. The van der Waals surface area contributed by atoms with Crippen LogP contribution in [0.3, 0.4) is 0 Å². The molecule has 1 aromatic carbocycles. The zero-order chi connectivity index (χ0) is 18.8. The Hall–Kier alpha value is -2.88. The summed E-state index contributed by atoms with van der Waals surface area (Å²) in [5, 5.41) is 10.4. The first-order chi connectivity index (χ1) is 11.7. The fourth-order valence-electron chi connectivity index (χ4n) is 2.13. The first-order valence-electron chi connectivity index (χ1n) is 6.91. The highest BCUT2D eigenvalue weighted by molar-refractivity contribution is 7.92. The van der Waals surface area contributed by atoms with E-state index in [1.807, 2.05) is 4.72 Å². The van der Waals surface area contributed by atoms with Crippen LogP contribution in [0.25, 0.3) is 11.3 Å². The number of methoxy groups -OCH3 is 2. The van der Waals surface area contributed by atoms with E-state index in [2.05, 4.69) is 0 Å². The topological polar surface area (TPSA) is 124 Å². The number of aromatic hydroxyl groups is 1. The van der Waals surface area contributed by atoms with Crippen LogP contribution in [0, 0.1) is 0 Å². The van der Waals surface area contributed by atoms with Gasteiger partial charge in [0.2, 0.25) is 21.5 Å². The van der Waals surface area contributed by atoms with Gasteiger partial charge in [-0.2, -0.15) is 0 Å². The van der Waals surface area contributed by atoms with Crippen molar-refractivity contribution in [1.82, 2.24) is 0 Å². The molecule has 0 fully saturated rings. The molecule has 0 aliphatic heterocycles. The predicted octanol–water partition coefficient (Wildman–Crippen LogP) is 1.97. The van der Waals surface area contributed by atoms with Crippen LogP contribution in [0.5, 0.6) is 23.0 Å². The molecule has 10 heteroatoms. The highest BCUT2D eigenvalue weighted by Crippen LogP contribution is 2.51. The number of nitrogens with one attached hydrogen (secondary N) is 1. The summed E-state index contributed by atoms with van der Waals surface area (Å²) < 4.78 is 45.8. The number of sulfonamides is 1. The number of hydrogen-bond acceptors (Lipinski definition) is 8. The molecule has 25 heavy (non-hydrogen) atoms. The van der Waals surface area contributed by atoms with Crippen molar-refractivity contribution in [2.45, 2.75) is 6.92 Å². The number of furan rings is 1. The van der Waals surface area contributed by atoms with E-state index in [0.717, 1.165) is 13.2 Å². The van der Waals surface area contributed by atoms with Gasteiger partial charge < -0.3 is 23.7 Å². The number of benzene rings is 1. The summed E-state index contributed by atoms with van der Waals surface area (Å²) in [6.07, 6.45) is 0.882. The van der Waals surface area contributed by atoms with E-state index >= 15 is 0 Å². The smallest absolute Gasteiger partial charge is 0.308 e. The Morgan fingerprint density at radius 1 is 1.20 bits per heavy atom. The Morgan fingerprint density at radius 3 is 2.20 bits per heavy atom. The van der Waals surface area contributed by atoms with Crippen LogP contribution in [0.15, 0.2) is 22.6 Å². The van der Waals surface area contributed by atoms with Crippen LogP contribution >= 0.6 is 0 Å². The molecule has 0 radical (unpaired) electrons. The number of hydrogen-bond donors (Lipinski definition) is 2. The lowest BCUT2D eigenvalue weighted by molar-refractivity contribution is -0.131. The van der Waals surface area contributed by atoms with Crippen molar-refractivity contribution in [2.75, 3.05) is 25.2 Å². The fraction of sp³-hybridized carbons (Fsp3) is 0.267. The highest BCUT2D eigenvalue weighted by Gasteiger charge is 2.29. The largest absolute Gasteiger partial charge is 0.502 e. The molecule has 1 heterocycles. The third-order valence-corrected chi connectivity index (χ3v) is 3.58. The fourth-order valence-corrected chi connectivity index (χ4v) is 2.60. The van der Waals surface area contributed by atoms with Gasteiger partial charge in [-0.1, -0.05) is 6.07 Å². The SMILES string of the molecule is COc1cccc(OC)c1-c1oc(NS(C)(=O)=O)c(OC(C)=O)c1O. The molecule has 2 rings (SSSR count). The number of anilines is 1. The second-order valence-corrected chi connectivity index (χ2v) is 6.69. The van der Waals surface area contributed by atoms with E-state index in [4.69, 9.17) is 18.6 Å². The first-order valence-corrected chi connectivity index (χ1v) is 8.80. The number of carbonyl (C=O) groups is 1. The van der Waals surface area contributed by atoms with E-state index in [-0.39, 0.29) is 11.3 Å². The van der Waals surface area contributed by atoms with Crippen molar-refractivity contribution in [2.24, 2.45) is 0 Å². The molecule has 0 aliphatic carbocycles. The summed E-state index contributed by atoms with van der Waals surface area (Å²) in [6.45, 7) is 1.10. The van der Waals surface area contributed by atoms with Gasteiger partial charge in [-0.15, -0.1) is 0 Å². The molecule has 0 spiro atoms. The van der Waals surface area contributed by atoms with Gasteiger partial charge in [0.1, 0.15) is 17.1 Å². The third-order valence-electron chi connectivity index (χ3n) is 3.02. The minimum absolute atomic E-state index is 0.184. The summed E-state index contributed by atoms with van der Waals surface area (Å²) in [5.74, 6) is -1.85. The van der Waals surface area contributed by atoms with Crippen LogP contribution in [-0.2, 0) is 14.8 Å². The molecule has 0 atom stereocenters. The van der Waals surface area contributed by atoms with Crippen molar-refractivity contribution in [3.05, 3.63) is 18.2 Å². The average molecular weight is 371 g/mol. The van der Waals surface area contributed by atoms with E-state index in [1.165, 1.54) is 14.2 Å². The molecular weight excluding hydrogens is 354 g/mol. The molecule has 0 unspecified atom stereocenters. The van der Waals surface area contributed by atoms with Gasteiger partial charge in [0, 0.05) is 6.92 Å². The van der Waals surface area contributed by atoms with Crippen LogP contribution in [0.1, 0.15) is 6.92 Å². The number of esters is 1. The molecule has 9 nitrogen and oxygen atoms in total. The standard InChI is InChI=1S/C15H17NO8S/c1-8(17)23-14-12(18)13(24-15(14)16-25(4,19)20)11-9(21-2)6-5-7-10(11)22-3/h5-7,16,18H,1-4H3. The van der Waals surface area contributed by atoms with Crippen molar-refractivity contribution < 1.29 is 36.9 Å². The summed E-state index contributed by atoms with van der Waals surface area (Å²) in [7, 11) is -0.954. The van der Waals surface area contributed by atoms with Gasteiger partial charge in [-0.3, -0.25) is 9.52 Å². The second kappa shape index (κ2) is 6.93. The zero-order valence-corrected chi connectivity index (χ0v) is 14.8. The normalized spacial score (nSPS) is 11.0. The summed E-state index contributed by atoms with van der Waals surface area (Å²) in [5.41, 5.74) is 0.222. The van der Waals surface area contributed by atoms with E-state index in [0.29, 0.717) is 11.5 Å². The molecule has 2 aromatic rings. The first kappa shape index (κ1) is 18.5. The molecule has 136 valence electrons. The van der Waals surface area contributed by atoms with Gasteiger partial charge in [0.15, 0.2) is 5.76 Å². The van der Waals surface area contributed by atoms with Crippen molar-refractivity contribution in [3.8, 4) is 34.3 Å². The lowest BCUT2D eigenvalue weighted by atomic mass is 10.1. The van der Waals surface area contributed by atoms with Gasteiger partial charge >= 0.3 is 5.97 Å². The molecule has 0 saturated heterocycles. The monoisotopic (exact) mass is 371 g/mol. The Morgan fingerprint density at radius 2 is 1.76 bits per heavy atom. The minimum atomic E-state index is -3.76. The minimum Gasteiger partial charge on any atom is -0.502 e. The molecule has 0 amide bonds. The zero-order valence-electron chi connectivity index (χ0n) is 13.9. The molecule has 0 saturated carbocycles. The Bertz CT molecular complexity index is 878. The maximum absolute atomic E-state index is 11.5. The van der Waals surface area contributed by atoms with E-state index in [9.17, 15) is 18.3 Å². The summed E-state index contributed by atoms with van der Waals surface area (Å²) >= 11 is 0. The van der Waals surface area contributed by atoms with Gasteiger partial charge in [-0.25, -0.2) is 8.42 Å². The number of ether oxygens (including phenoxy) is 3. The average Bonchev–Trinajstić information content (AvgIpc) is 2.80. The lowest BCUT2D eigenvalue weighted by Gasteiger charge is -2.11. The molecule has 1 aromatic heterocycles. The second-order valence-electron chi connectivity index (χ2n) is 4.94. The van der Waals surface area contributed by atoms with E-state index in [1.54, 1.807) is 18.2 Å². The van der Waals surface area contributed by atoms with Crippen LogP contribution in [0.2, 0.25) is 0 Å².